The van der Waals surface area contributed by atoms with E-state index in [0.29, 0.717) is 11.3 Å². The fourth-order valence-electron chi connectivity index (χ4n) is 8.75. The van der Waals surface area contributed by atoms with Crippen LogP contribution in [-0.2, 0) is 6.42 Å². The van der Waals surface area contributed by atoms with Crippen LogP contribution in [0.5, 0.6) is 0 Å². The van der Waals surface area contributed by atoms with Gasteiger partial charge in [0.05, 0.1) is 11.7 Å². The Balaban J connectivity index is 1.35. The van der Waals surface area contributed by atoms with Crippen LogP contribution in [0.4, 0.5) is 0 Å². The molecule has 0 aromatic heterocycles. The van der Waals surface area contributed by atoms with E-state index in [0.717, 1.165) is 49.9 Å². The van der Waals surface area contributed by atoms with Gasteiger partial charge < -0.3 is 10.2 Å². The summed E-state index contributed by atoms with van der Waals surface area (Å²) in [4.78, 5) is 0. The molecule has 4 saturated carbocycles. The summed E-state index contributed by atoms with van der Waals surface area (Å²) in [6.45, 7) is 4.99. The maximum atomic E-state index is 11.9. The Morgan fingerprint density at radius 3 is 2.45 bits per heavy atom. The third-order valence-corrected chi connectivity index (χ3v) is 10.6. The predicted molar refractivity (Wildman–Crippen MR) is 117 cm³/mol. The van der Waals surface area contributed by atoms with Crippen molar-refractivity contribution in [2.45, 2.75) is 96.2 Å². The molecule has 8 atom stereocenters. The third-order valence-electron chi connectivity index (χ3n) is 10.6. The number of aryl methyl sites for hydroxylation is 1. The first-order valence-electron chi connectivity index (χ1n) is 12.3. The highest BCUT2D eigenvalue weighted by molar-refractivity contribution is 5.18. The van der Waals surface area contributed by atoms with Crippen LogP contribution < -0.4 is 0 Å². The Hall–Kier alpha value is -0.860. The molecule has 0 radical (unpaired) electrons. The maximum absolute atomic E-state index is 11.9. The lowest BCUT2D eigenvalue weighted by atomic mass is 9.44. The number of aliphatic hydroxyl groups excluding tert-OH is 1. The van der Waals surface area contributed by atoms with E-state index < -0.39 is 5.60 Å². The van der Waals surface area contributed by atoms with Crippen molar-refractivity contribution in [2.24, 2.45) is 34.5 Å². The first kappa shape index (κ1) is 20.1. The molecular formula is C27H40O2. The Morgan fingerprint density at radius 2 is 1.66 bits per heavy atom. The minimum absolute atomic E-state index is 0.0620. The molecule has 4 aliphatic rings. The molecule has 4 fully saturated rings. The van der Waals surface area contributed by atoms with Crippen LogP contribution in [0.1, 0.15) is 83.6 Å². The van der Waals surface area contributed by atoms with Gasteiger partial charge >= 0.3 is 0 Å². The standard InChI is InChI=1S/C27H40O2/c1-25-14-11-21(28)18-20(25)8-9-22-23(25)12-15-26(2)24(22)13-17-27(26,29)16-10-19-6-4-3-5-7-19/h3-7,20-24,28-29H,8-18H2,1-2H3/t20-,21-,22-,23-,24+,25+,26-,27-/m0/s1. The summed E-state index contributed by atoms with van der Waals surface area (Å²) in [6.07, 6.45) is 12.4. The lowest BCUT2D eigenvalue weighted by molar-refractivity contribution is -0.160. The Bertz CT molecular complexity index is 731. The molecule has 0 unspecified atom stereocenters. The van der Waals surface area contributed by atoms with Gasteiger partial charge in [0.1, 0.15) is 0 Å². The topological polar surface area (TPSA) is 40.5 Å². The normalized spacial score (nSPS) is 49.2. The quantitative estimate of drug-likeness (QED) is 0.682. The van der Waals surface area contributed by atoms with Crippen LogP contribution in [0, 0.1) is 34.5 Å². The summed E-state index contributed by atoms with van der Waals surface area (Å²) in [5.41, 5.74) is 1.36. The number of benzene rings is 1. The van der Waals surface area contributed by atoms with Gasteiger partial charge in [-0.3, -0.25) is 0 Å². The van der Waals surface area contributed by atoms with Crippen LogP contribution >= 0.6 is 0 Å². The summed E-state index contributed by atoms with van der Waals surface area (Å²) in [5, 5.41) is 22.1. The second-order valence-electron chi connectivity index (χ2n) is 11.6. The molecule has 0 bridgehead atoms. The fraction of sp³-hybridized carbons (Fsp3) is 0.778. The summed E-state index contributed by atoms with van der Waals surface area (Å²) in [6, 6.07) is 10.7. The molecule has 1 aromatic rings. The van der Waals surface area contributed by atoms with Gasteiger partial charge in [-0.2, -0.15) is 0 Å². The lowest BCUT2D eigenvalue weighted by Crippen LogP contribution is -2.56. The maximum Gasteiger partial charge on any atom is 0.0707 e. The number of hydrogen-bond donors (Lipinski definition) is 2. The minimum atomic E-state index is -0.501. The average molecular weight is 397 g/mol. The molecule has 4 aliphatic carbocycles. The van der Waals surface area contributed by atoms with Crippen LogP contribution in [0.15, 0.2) is 30.3 Å². The van der Waals surface area contributed by atoms with Gasteiger partial charge in [-0.25, -0.2) is 0 Å². The zero-order chi connectivity index (χ0) is 20.3. The summed E-state index contributed by atoms with van der Waals surface area (Å²) >= 11 is 0. The molecular weight excluding hydrogens is 356 g/mol. The van der Waals surface area contributed by atoms with Crippen molar-refractivity contribution >= 4 is 0 Å². The SMILES string of the molecule is C[C@@]12CC[C@H](O)C[C@@H]1CC[C@@H]1[C@H]3CC[C@@](O)(CCc4ccccc4)[C@@]3(C)CC[C@@H]12. The van der Waals surface area contributed by atoms with E-state index in [9.17, 15) is 10.2 Å². The molecule has 1 aromatic carbocycles. The predicted octanol–water partition coefficient (Wildman–Crippen LogP) is 5.75. The van der Waals surface area contributed by atoms with Gasteiger partial charge in [-0.05, 0) is 111 Å². The van der Waals surface area contributed by atoms with Crippen molar-refractivity contribution in [1.29, 1.82) is 0 Å². The van der Waals surface area contributed by atoms with Gasteiger partial charge in [0.2, 0.25) is 0 Å². The molecule has 160 valence electrons. The van der Waals surface area contributed by atoms with Gasteiger partial charge in [0.25, 0.3) is 0 Å². The molecule has 0 spiro atoms. The van der Waals surface area contributed by atoms with E-state index in [1.807, 2.05) is 0 Å². The highest BCUT2D eigenvalue weighted by Crippen LogP contribution is 2.68. The molecule has 2 heteroatoms. The summed E-state index contributed by atoms with van der Waals surface area (Å²) in [7, 11) is 0. The van der Waals surface area contributed by atoms with Crippen LogP contribution in [0.25, 0.3) is 0 Å². The lowest BCUT2D eigenvalue weighted by Gasteiger charge is -2.61. The van der Waals surface area contributed by atoms with Crippen molar-refractivity contribution in [2.75, 3.05) is 0 Å². The van der Waals surface area contributed by atoms with E-state index in [4.69, 9.17) is 0 Å². The molecule has 0 amide bonds. The van der Waals surface area contributed by atoms with Crippen molar-refractivity contribution in [3.63, 3.8) is 0 Å². The van der Waals surface area contributed by atoms with Crippen LogP contribution in [0.2, 0.25) is 0 Å². The summed E-state index contributed by atoms with van der Waals surface area (Å²) < 4.78 is 0. The first-order chi connectivity index (χ1) is 13.9. The van der Waals surface area contributed by atoms with Crippen molar-refractivity contribution in [3.8, 4) is 0 Å². The largest absolute Gasteiger partial charge is 0.393 e. The van der Waals surface area contributed by atoms with E-state index >= 15 is 0 Å². The molecule has 0 heterocycles. The fourth-order valence-corrected chi connectivity index (χ4v) is 8.75. The Kier molecular flexibility index (Phi) is 4.91. The number of fused-ring (bicyclic) bond motifs is 5. The minimum Gasteiger partial charge on any atom is -0.393 e. The van der Waals surface area contributed by atoms with Gasteiger partial charge in [0.15, 0.2) is 0 Å². The number of rotatable bonds is 3. The highest BCUT2D eigenvalue weighted by atomic mass is 16.3. The number of aliphatic hydroxyl groups is 2. The smallest absolute Gasteiger partial charge is 0.0707 e. The van der Waals surface area contributed by atoms with Crippen molar-refractivity contribution in [3.05, 3.63) is 35.9 Å². The second kappa shape index (κ2) is 7.09. The van der Waals surface area contributed by atoms with E-state index in [2.05, 4.69) is 44.2 Å². The molecule has 2 N–H and O–H groups in total. The zero-order valence-corrected chi connectivity index (χ0v) is 18.4. The van der Waals surface area contributed by atoms with Gasteiger partial charge in [-0.15, -0.1) is 0 Å². The molecule has 0 saturated heterocycles. The second-order valence-corrected chi connectivity index (χ2v) is 11.6. The number of hydrogen-bond acceptors (Lipinski definition) is 2. The van der Waals surface area contributed by atoms with Crippen LogP contribution in [-0.4, -0.2) is 21.9 Å². The monoisotopic (exact) mass is 396 g/mol. The highest BCUT2D eigenvalue weighted by Gasteiger charge is 2.64. The molecule has 0 aliphatic heterocycles. The van der Waals surface area contributed by atoms with E-state index in [1.54, 1.807) is 0 Å². The van der Waals surface area contributed by atoms with Crippen molar-refractivity contribution in [1.82, 2.24) is 0 Å². The first-order valence-corrected chi connectivity index (χ1v) is 12.3. The Morgan fingerprint density at radius 1 is 0.897 bits per heavy atom. The summed E-state index contributed by atoms with van der Waals surface area (Å²) in [5.74, 6) is 3.00. The van der Waals surface area contributed by atoms with E-state index in [-0.39, 0.29) is 11.5 Å². The van der Waals surface area contributed by atoms with Crippen LogP contribution in [0.3, 0.4) is 0 Å². The Labute approximate surface area is 177 Å². The molecule has 5 rings (SSSR count). The zero-order valence-electron chi connectivity index (χ0n) is 18.4. The average Bonchev–Trinajstić information content (AvgIpc) is 2.99. The van der Waals surface area contributed by atoms with E-state index in [1.165, 1.54) is 44.1 Å². The van der Waals surface area contributed by atoms with Crippen molar-refractivity contribution < 1.29 is 10.2 Å². The molecule has 29 heavy (non-hydrogen) atoms. The van der Waals surface area contributed by atoms with Gasteiger partial charge in [0, 0.05) is 0 Å². The third kappa shape index (κ3) is 3.04. The molecule has 2 nitrogen and oxygen atoms in total. The van der Waals surface area contributed by atoms with Gasteiger partial charge in [-0.1, -0.05) is 44.2 Å².